The molecule has 0 bridgehead atoms. The van der Waals surface area contributed by atoms with Crippen molar-refractivity contribution in [2.75, 3.05) is 26.9 Å². The average molecular weight is 336 g/mol. The van der Waals surface area contributed by atoms with Gasteiger partial charge in [-0.3, -0.25) is 0 Å². The van der Waals surface area contributed by atoms with E-state index in [0.717, 1.165) is 5.56 Å². The molecule has 0 amide bonds. The predicted octanol–water partition coefficient (Wildman–Crippen LogP) is 2.36. The van der Waals surface area contributed by atoms with Gasteiger partial charge in [-0.05, 0) is 32.9 Å². The van der Waals surface area contributed by atoms with Crippen LogP contribution in [0.1, 0.15) is 26.3 Å². The van der Waals surface area contributed by atoms with Gasteiger partial charge in [0.05, 0.1) is 13.3 Å². The Bertz CT molecular complexity index is 538. The highest BCUT2D eigenvalue weighted by atomic mass is 16.6. The predicted molar refractivity (Wildman–Crippen MR) is 96.0 cm³/mol. The summed E-state index contributed by atoms with van der Waals surface area (Å²) in [4.78, 5) is 5.15. The molecule has 0 heterocycles. The summed E-state index contributed by atoms with van der Waals surface area (Å²) in [6.07, 6.45) is 2.56. The molecule has 0 aliphatic rings. The van der Waals surface area contributed by atoms with Crippen molar-refractivity contribution in [3.8, 4) is 11.5 Å². The monoisotopic (exact) mass is 336 g/mol. The molecule has 0 aromatic heterocycles. The molecule has 24 heavy (non-hydrogen) atoms. The van der Waals surface area contributed by atoms with Crippen LogP contribution >= 0.6 is 0 Å². The molecule has 0 fully saturated rings. The second-order valence-electron chi connectivity index (χ2n) is 6.29. The molecule has 0 saturated heterocycles. The number of rotatable bonds is 10. The molecule has 1 aromatic rings. The number of β-amino-alcohol motifs (C(OH)–C–C–N with tert-alkyl or cyclic N) is 1. The number of methoxy groups -OCH3 is 1. The van der Waals surface area contributed by atoms with Crippen molar-refractivity contribution in [3.63, 3.8) is 0 Å². The summed E-state index contributed by atoms with van der Waals surface area (Å²) in [7, 11) is 1.57. The normalized spacial score (nSPS) is 12.9. The number of nitrogens with one attached hydrogen (secondary N) is 1. The molecule has 0 saturated carbocycles. The van der Waals surface area contributed by atoms with Crippen LogP contribution in [0.2, 0.25) is 0 Å². The van der Waals surface area contributed by atoms with Gasteiger partial charge >= 0.3 is 0 Å². The highest BCUT2D eigenvalue weighted by Crippen LogP contribution is 2.29. The van der Waals surface area contributed by atoms with Crippen LogP contribution in [0.15, 0.2) is 36.0 Å². The van der Waals surface area contributed by atoms with Crippen molar-refractivity contribution < 1.29 is 19.4 Å². The van der Waals surface area contributed by atoms with E-state index in [1.54, 1.807) is 13.2 Å². The van der Waals surface area contributed by atoms with Crippen LogP contribution in [0.4, 0.5) is 0 Å². The Balaban J connectivity index is 2.56. The second-order valence-corrected chi connectivity index (χ2v) is 6.29. The summed E-state index contributed by atoms with van der Waals surface area (Å²) in [5.74, 6) is 1.18. The Morgan fingerprint density at radius 1 is 1.38 bits per heavy atom. The van der Waals surface area contributed by atoms with E-state index in [4.69, 9.17) is 14.3 Å². The highest BCUT2D eigenvalue weighted by molar-refractivity contribution is 5.84. The van der Waals surface area contributed by atoms with Crippen LogP contribution in [-0.4, -0.2) is 49.8 Å². The highest BCUT2D eigenvalue weighted by Gasteiger charge is 2.12. The number of ether oxygens (including phenoxy) is 2. The lowest BCUT2D eigenvalue weighted by Crippen LogP contribution is -2.42. The van der Waals surface area contributed by atoms with Crippen LogP contribution in [0.25, 0.3) is 0 Å². The molecule has 0 aliphatic carbocycles. The lowest BCUT2D eigenvalue weighted by Gasteiger charge is -2.22. The first-order valence-corrected chi connectivity index (χ1v) is 7.86. The summed E-state index contributed by atoms with van der Waals surface area (Å²) in [6, 6.07) is 5.48. The summed E-state index contributed by atoms with van der Waals surface area (Å²) < 4.78 is 10.9. The van der Waals surface area contributed by atoms with E-state index in [-0.39, 0.29) is 12.1 Å². The number of aliphatic hydroxyl groups excluding tert-OH is 1. The third-order valence-corrected chi connectivity index (χ3v) is 2.97. The largest absolute Gasteiger partial charge is 0.492 e. The minimum absolute atomic E-state index is 0.0521. The Kier molecular flexibility index (Phi) is 8.29. The van der Waals surface area contributed by atoms with Crippen molar-refractivity contribution >= 4 is 6.21 Å². The van der Waals surface area contributed by atoms with Crippen molar-refractivity contribution in [3.05, 3.63) is 36.4 Å². The average Bonchev–Trinajstić information content (AvgIpc) is 2.54. The molecule has 1 atom stereocenters. The van der Waals surface area contributed by atoms with Gasteiger partial charge in [-0.2, -0.15) is 0 Å². The number of hydrogen-bond donors (Lipinski definition) is 2. The molecule has 6 heteroatoms. The fourth-order valence-electron chi connectivity index (χ4n) is 1.82. The SMILES string of the molecule is C=CCOc1cccc(/C=N/OCC(O)CNC(C)(C)C)c1OC. The van der Waals surface area contributed by atoms with Crippen LogP contribution < -0.4 is 14.8 Å². The zero-order valence-electron chi connectivity index (χ0n) is 14.9. The van der Waals surface area contributed by atoms with Gasteiger partial charge in [-0.15, -0.1) is 0 Å². The minimum Gasteiger partial charge on any atom is -0.492 e. The molecule has 134 valence electrons. The first-order chi connectivity index (χ1) is 11.4. The van der Waals surface area contributed by atoms with Crippen molar-refractivity contribution in [1.82, 2.24) is 5.32 Å². The fraction of sp³-hybridized carbons (Fsp3) is 0.500. The van der Waals surface area contributed by atoms with E-state index in [1.807, 2.05) is 39.0 Å². The lowest BCUT2D eigenvalue weighted by atomic mass is 10.1. The van der Waals surface area contributed by atoms with Crippen LogP contribution in [0.5, 0.6) is 11.5 Å². The van der Waals surface area contributed by atoms with E-state index in [0.29, 0.717) is 24.7 Å². The van der Waals surface area contributed by atoms with Crippen molar-refractivity contribution in [1.29, 1.82) is 0 Å². The zero-order valence-corrected chi connectivity index (χ0v) is 14.9. The molecule has 1 unspecified atom stereocenters. The van der Waals surface area contributed by atoms with E-state index in [2.05, 4.69) is 17.1 Å². The molecule has 6 nitrogen and oxygen atoms in total. The van der Waals surface area contributed by atoms with Gasteiger partial charge < -0.3 is 24.7 Å². The van der Waals surface area contributed by atoms with Crippen molar-refractivity contribution in [2.24, 2.45) is 5.16 Å². The van der Waals surface area contributed by atoms with Crippen LogP contribution in [-0.2, 0) is 4.84 Å². The summed E-state index contributed by atoms with van der Waals surface area (Å²) >= 11 is 0. The van der Waals surface area contributed by atoms with Gasteiger partial charge in [-0.25, -0.2) is 0 Å². The first-order valence-electron chi connectivity index (χ1n) is 7.86. The third kappa shape index (κ3) is 7.48. The quantitative estimate of drug-likeness (QED) is 0.390. The second kappa shape index (κ2) is 9.95. The molecule has 0 aliphatic heterocycles. The van der Waals surface area contributed by atoms with E-state index >= 15 is 0 Å². The van der Waals surface area contributed by atoms with E-state index < -0.39 is 6.10 Å². The van der Waals surface area contributed by atoms with Gasteiger partial charge in [0.2, 0.25) is 0 Å². The van der Waals surface area contributed by atoms with Gasteiger partial charge in [0.25, 0.3) is 0 Å². The molecule has 0 radical (unpaired) electrons. The fourth-order valence-corrected chi connectivity index (χ4v) is 1.82. The Labute approximate surface area is 144 Å². The lowest BCUT2D eigenvalue weighted by molar-refractivity contribution is 0.0379. The summed E-state index contributed by atoms with van der Waals surface area (Å²) in [5, 5.41) is 16.9. The third-order valence-electron chi connectivity index (χ3n) is 2.97. The summed E-state index contributed by atoms with van der Waals surface area (Å²) in [5.41, 5.74) is 0.671. The van der Waals surface area contributed by atoms with Gasteiger partial charge in [0, 0.05) is 17.6 Å². The topological polar surface area (TPSA) is 72.3 Å². The Morgan fingerprint density at radius 3 is 2.75 bits per heavy atom. The molecular formula is C18H28N2O4. The van der Waals surface area contributed by atoms with Crippen LogP contribution in [0, 0.1) is 0 Å². The number of benzene rings is 1. The van der Waals surface area contributed by atoms with Crippen molar-refractivity contribution in [2.45, 2.75) is 32.4 Å². The molecule has 0 spiro atoms. The smallest absolute Gasteiger partial charge is 0.169 e. The Hall–Kier alpha value is -2.05. The molecule has 1 rings (SSSR count). The number of para-hydroxylation sites is 1. The van der Waals surface area contributed by atoms with Gasteiger partial charge in [-0.1, -0.05) is 23.9 Å². The molecular weight excluding hydrogens is 308 g/mol. The maximum atomic E-state index is 9.84. The molecule has 2 N–H and O–H groups in total. The van der Waals surface area contributed by atoms with E-state index in [9.17, 15) is 5.11 Å². The standard InChI is InChI=1S/C18H28N2O4/c1-6-10-23-16-9-7-8-14(17(16)22-5)11-20-24-13-15(21)12-19-18(2,3)4/h6-9,11,15,19,21H,1,10,12-13H2,2-5H3/b20-11+. The summed E-state index contributed by atoms with van der Waals surface area (Å²) in [6.45, 7) is 10.7. The van der Waals surface area contributed by atoms with Gasteiger partial charge in [0.1, 0.15) is 19.3 Å². The Morgan fingerprint density at radius 2 is 2.12 bits per heavy atom. The molecule has 1 aromatic carbocycles. The maximum Gasteiger partial charge on any atom is 0.169 e. The number of hydrogen-bond acceptors (Lipinski definition) is 6. The number of aliphatic hydroxyl groups is 1. The maximum absolute atomic E-state index is 9.84. The van der Waals surface area contributed by atoms with Gasteiger partial charge in [0.15, 0.2) is 11.5 Å². The van der Waals surface area contributed by atoms with E-state index in [1.165, 1.54) is 6.21 Å². The first kappa shape index (κ1) is 20.0. The number of oxime groups is 1. The van der Waals surface area contributed by atoms with Crippen LogP contribution in [0.3, 0.4) is 0 Å². The zero-order chi connectivity index (χ0) is 18.0. The number of nitrogens with zero attached hydrogens (tertiary/aromatic N) is 1. The minimum atomic E-state index is -0.634.